The van der Waals surface area contributed by atoms with Gasteiger partial charge in [-0.1, -0.05) is 30.3 Å². The van der Waals surface area contributed by atoms with Crippen molar-refractivity contribution in [3.05, 3.63) is 60.2 Å². The van der Waals surface area contributed by atoms with Crippen molar-refractivity contribution in [2.24, 2.45) is 0 Å². The van der Waals surface area contributed by atoms with Crippen molar-refractivity contribution in [1.29, 1.82) is 0 Å². The number of benzene rings is 2. The van der Waals surface area contributed by atoms with E-state index >= 15 is 0 Å². The number of carbonyl (C=O) groups excluding carboxylic acids is 1. The number of carboxylic acids is 1. The van der Waals surface area contributed by atoms with E-state index in [1.807, 2.05) is 30.3 Å². The first-order valence-corrected chi connectivity index (χ1v) is 7.87. The van der Waals surface area contributed by atoms with E-state index in [9.17, 15) is 14.7 Å². The molecule has 2 aromatic rings. The van der Waals surface area contributed by atoms with E-state index in [4.69, 9.17) is 9.47 Å². The summed E-state index contributed by atoms with van der Waals surface area (Å²) in [7, 11) is 1.56. The molecule has 2 N–H and O–H groups in total. The molecule has 0 aliphatic rings. The van der Waals surface area contributed by atoms with Gasteiger partial charge in [-0.15, -0.1) is 0 Å². The summed E-state index contributed by atoms with van der Waals surface area (Å²) in [6.07, 6.45) is -0.622. The van der Waals surface area contributed by atoms with Crippen LogP contribution in [0.25, 0.3) is 0 Å². The molecule has 0 radical (unpaired) electrons. The van der Waals surface area contributed by atoms with Crippen LogP contribution in [0.5, 0.6) is 11.5 Å². The number of carboxylic acid groups (broad SMARTS) is 1. The summed E-state index contributed by atoms with van der Waals surface area (Å²) >= 11 is 0. The zero-order valence-electron chi connectivity index (χ0n) is 14.1. The van der Waals surface area contributed by atoms with Gasteiger partial charge in [-0.2, -0.15) is 0 Å². The Bertz CT molecular complexity index is 700. The predicted molar refractivity (Wildman–Crippen MR) is 92.8 cm³/mol. The van der Waals surface area contributed by atoms with Crippen LogP contribution in [-0.2, 0) is 16.0 Å². The van der Waals surface area contributed by atoms with E-state index in [-0.39, 0.29) is 6.42 Å². The highest BCUT2D eigenvalue weighted by Crippen LogP contribution is 2.18. The SMILES string of the molecule is COc1ccc(OC(C)C(=O)N[C@@H](Cc2ccccc2)C(=O)O)cc1. The van der Waals surface area contributed by atoms with Crippen molar-refractivity contribution in [2.45, 2.75) is 25.5 Å². The van der Waals surface area contributed by atoms with Gasteiger partial charge in [0.2, 0.25) is 0 Å². The molecule has 6 nitrogen and oxygen atoms in total. The molecular formula is C19H21NO5. The molecule has 2 atom stereocenters. The van der Waals surface area contributed by atoms with E-state index in [1.54, 1.807) is 38.3 Å². The molecule has 1 amide bonds. The Morgan fingerprint density at radius 3 is 2.20 bits per heavy atom. The monoisotopic (exact) mass is 343 g/mol. The van der Waals surface area contributed by atoms with Crippen LogP contribution < -0.4 is 14.8 Å². The van der Waals surface area contributed by atoms with Gasteiger partial charge in [-0.05, 0) is 36.8 Å². The average Bonchev–Trinajstić information content (AvgIpc) is 2.62. The van der Waals surface area contributed by atoms with Crippen molar-refractivity contribution in [3.63, 3.8) is 0 Å². The summed E-state index contributed by atoms with van der Waals surface area (Å²) in [4.78, 5) is 23.7. The maximum Gasteiger partial charge on any atom is 0.326 e. The molecule has 0 saturated heterocycles. The first-order chi connectivity index (χ1) is 12.0. The topological polar surface area (TPSA) is 84.9 Å². The van der Waals surface area contributed by atoms with Crippen LogP contribution in [0.4, 0.5) is 0 Å². The van der Waals surface area contributed by atoms with Crippen LogP contribution in [0.3, 0.4) is 0 Å². The summed E-state index contributed by atoms with van der Waals surface area (Å²) < 4.78 is 10.6. The zero-order chi connectivity index (χ0) is 18.2. The van der Waals surface area contributed by atoms with Crippen molar-refractivity contribution in [3.8, 4) is 11.5 Å². The second-order valence-corrected chi connectivity index (χ2v) is 5.52. The van der Waals surface area contributed by atoms with Gasteiger partial charge in [0.25, 0.3) is 5.91 Å². The van der Waals surface area contributed by atoms with E-state index in [0.29, 0.717) is 11.5 Å². The lowest BCUT2D eigenvalue weighted by Gasteiger charge is -2.19. The van der Waals surface area contributed by atoms with Gasteiger partial charge in [0.1, 0.15) is 17.5 Å². The van der Waals surface area contributed by atoms with E-state index in [2.05, 4.69) is 5.32 Å². The van der Waals surface area contributed by atoms with Gasteiger partial charge in [0, 0.05) is 6.42 Å². The normalized spacial score (nSPS) is 12.7. The molecule has 0 aliphatic carbocycles. The molecule has 0 spiro atoms. The van der Waals surface area contributed by atoms with Gasteiger partial charge in [-0.25, -0.2) is 4.79 Å². The number of methoxy groups -OCH3 is 1. The zero-order valence-corrected chi connectivity index (χ0v) is 14.1. The van der Waals surface area contributed by atoms with Crippen molar-refractivity contribution < 1.29 is 24.2 Å². The molecule has 6 heteroatoms. The molecule has 2 aromatic carbocycles. The molecule has 0 aromatic heterocycles. The number of rotatable bonds is 8. The molecule has 0 heterocycles. The minimum atomic E-state index is -1.09. The van der Waals surface area contributed by atoms with Crippen LogP contribution >= 0.6 is 0 Å². The molecule has 0 fully saturated rings. The van der Waals surface area contributed by atoms with E-state index in [0.717, 1.165) is 5.56 Å². The summed E-state index contributed by atoms with van der Waals surface area (Å²) in [6.45, 7) is 1.57. The predicted octanol–water partition coefficient (Wildman–Crippen LogP) is 2.27. The lowest BCUT2D eigenvalue weighted by molar-refractivity contribution is -0.142. The highest BCUT2D eigenvalue weighted by atomic mass is 16.5. The van der Waals surface area contributed by atoms with Gasteiger partial charge >= 0.3 is 5.97 Å². The average molecular weight is 343 g/mol. The van der Waals surface area contributed by atoms with Crippen LogP contribution in [0.15, 0.2) is 54.6 Å². The Labute approximate surface area is 146 Å². The summed E-state index contributed by atoms with van der Waals surface area (Å²) in [5.41, 5.74) is 0.832. The Morgan fingerprint density at radius 1 is 1.04 bits per heavy atom. The fourth-order valence-electron chi connectivity index (χ4n) is 2.25. The van der Waals surface area contributed by atoms with Crippen molar-refractivity contribution >= 4 is 11.9 Å². The van der Waals surface area contributed by atoms with Crippen LogP contribution in [-0.4, -0.2) is 36.2 Å². The summed E-state index contributed by atoms with van der Waals surface area (Å²) in [5.74, 6) is -0.398. The molecule has 0 saturated carbocycles. The molecule has 25 heavy (non-hydrogen) atoms. The summed E-state index contributed by atoms with van der Waals surface area (Å²) in [6, 6.07) is 14.9. The second kappa shape index (κ2) is 8.73. The number of hydrogen-bond donors (Lipinski definition) is 2. The second-order valence-electron chi connectivity index (χ2n) is 5.52. The van der Waals surface area contributed by atoms with Gasteiger partial charge in [0.15, 0.2) is 6.10 Å². The molecule has 0 bridgehead atoms. The number of aliphatic carboxylic acids is 1. The number of hydrogen-bond acceptors (Lipinski definition) is 4. The minimum absolute atomic E-state index is 0.206. The number of carbonyl (C=O) groups is 2. The number of nitrogens with one attached hydrogen (secondary N) is 1. The smallest absolute Gasteiger partial charge is 0.326 e. The maximum atomic E-state index is 12.3. The maximum absolute atomic E-state index is 12.3. The lowest BCUT2D eigenvalue weighted by Crippen LogP contribution is -2.47. The summed E-state index contributed by atoms with van der Waals surface area (Å²) in [5, 5.41) is 11.9. The molecule has 132 valence electrons. The standard InChI is InChI=1S/C19H21NO5/c1-13(25-16-10-8-15(24-2)9-11-16)18(21)20-17(19(22)23)12-14-6-4-3-5-7-14/h3-11,13,17H,12H2,1-2H3,(H,20,21)(H,22,23)/t13?,17-/m0/s1. The minimum Gasteiger partial charge on any atom is -0.497 e. The van der Waals surface area contributed by atoms with Crippen LogP contribution in [0.1, 0.15) is 12.5 Å². The first-order valence-electron chi connectivity index (χ1n) is 7.87. The number of amides is 1. The van der Waals surface area contributed by atoms with Crippen LogP contribution in [0, 0.1) is 0 Å². The molecule has 0 aliphatic heterocycles. The fourth-order valence-corrected chi connectivity index (χ4v) is 2.25. The Morgan fingerprint density at radius 2 is 1.64 bits per heavy atom. The van der Waals surface area contributed by atoms with Crippen LogP contribution in [0.2, 0.25) is 0 Å². The largest absolute Gasteiger partial charge is 0.497 e. The third-order valence-corrected chi connectivity index (χ3v) is 3.64. The third-order valence-electron chi connectivity index (χ3n) is 3.64. The fraction of sp³-hybridized carbons (Fsp3) is 0.263. The Hall–Kier alpha value is -3.02. The van der Waals surface area contributed by atoms with Gasteiger partial charge < -0.3 is 19.9 Å². The first kappa shape index (κ1) is 18.3. The van der Waals surface area contributed by atoms with Gasteiger partial charge in [-0.3, -0.25) is 4.79 Å². The quantitative estimate of drug-likeness (QED) is 0.768. The highest BCUT2D eigenvalue weighted by molar-refractivity contribution is 5.86. The molecule has 2 rings (SSSR count). The van der Waals surface area contributed by atoms with Crippen molar-refractivity contribution in [2.75, 3.05) is 7.11 Å². The number of ether oxygens (including phenoxy) is 2. The third kappa shape index (κ3) is 5.53. The molecular weight excluding hydrogens is 322 g/mol. The van der Waals surface area contributed by atoms with E-state index in [1.165, 1.54) is 0 Å². The van der Waals surface area contributed by atoms with E-state index < -0.39 is 24.0 Å². The lowest BCUT2D eigenvalue weighted by atomic mass is 10.1. The Balaban J connectivity index is 1.95. The highest BCUT2D eigenvalue weighted by Gasteiger charge is 2.24. The molecule has 1 unspecified atom stereocenters. The van der Waals surface area contributed by atoms with Gasteiger partial charge in [0.05, 0.1) is 7.11 Å². The Kier molecular flexibility index (Phi) is 6.39. The van der Waals surface area contributed by atoms with Crippen molar-refractivity contribution in [1.82, 2.24) is 5.32 Å².